The summed E-state index contributed by atoms with van der Waals surface area (Å²) in [5.74, 6) is 1.52. The zero-order valence-corrected chi connectivity index (χ0v) is 17.6. The molecule has 0 aliphatic rings. The fraction of sp³-hybridized carbons (Fsp3) is 0.455. The quantitative estimate of drug-likeness (QED) is 0.300. The Morgan fingerprint density at radius 3 is 1.23 bits per heavy atom. The average molecular weight is 418 g/mol. The van der Waals surface area contributed by atoms with E-state index in [4.69, 9.17) is 28.4 Å². The van der Waals surface area contributed by atoms with Crippen LogP contribution in [0.1, 0.15) is 0 Å². The highest BCUT2D eigenvalue weighted by Gasteiger charge is 1.98. The van der Waals surface area contributed by atoms with Crippen LogP contribution in [0.5, 0.6) is 11.5 Å². The Hall–Kier alpha value is -2.52. The van der Waals surface area contributed by atoms with Crippen molar-refractivity contribution in [2.24, 2.45) is 10.2 Å². The Labute approximate surface area is 177 Å². The molecule has 2 aromatic rings. The van der Waals surface area contributed by atoms with Crippen LogP contribution in [-0.2, 0) is 18.9 Å². The van der Waals surface area contributed by atoms with E-state index < -0.39 is 0 Å². The third kappa shape index (κ3) is 10.3. The van der Waals surface area contributed by atoms with E-state index in [0.29, 0.717) is 52.9 Å². The molecule has 30 heavy (non-hydrogen) atoms. The molecule has 0 heterocycles. The largest absolute Gasteiger partial charge is 0.491 e. The summed E-state index contributed by atoms with van der Waals surface area (Å²) in [6, 6.07) is 14.8. The second kappa shape index (κ2) is 15.3. The van der Waals surface area contributed by atoms with E-state index in [9.17, 15) is 0 Å². The summed E-state index contributed by atoms with van der Waals surface area (Å²) in [6.45, 7) is 4.30. The normalized spacial score (nSPS) is 11.1. The van der Waals surface area contributed by atoms with Gasteiger partial charge >= 0.3 is 0 Å². The summed E-state index contributed by atoms with van der Waals surface area (Å²) in [5, 5.41) is 8.48. The first-order valence-electron chi connectivity index (χ1n) is 9.82. The summed E-state index contributed by atoms with van der Waals surface area (Å²) < 4.78 is 31.7. The maximum Gasteiger partial charge on any atom is 0.119 e. The summed E-state index contributed by atoms with van der Waals surface area (Å²) in [5.41, 5.74) is 1.49. The molecule has 0 spiro atoms. The monoisotopic (exact) mass is 418 g/mol. The molecular formula is C22H30N2O6. The van der Waals surface area contributed by atoms with Crippen LogP contribution in [0.15, 0.2) is 58.8 Å². The number of methoxy groups -OCH3 is 2. The number of benzene rings is 2. The Balaban J connectivity index is 1.68. The molecule has 0 aliphatic carbocycles. The van der Waals surface area contributed by atoms with Gasteiger partial charge in [0.2, 0.25) is 0 Å². The minimum absolute atomic E-state index is 0.484. The lowest BCUT2D eigenvalue weighted by atomic mass is 10.3. The molecule has 164 valence electrons. The minimum Gasteiger partial charge on any atom is -0.491 e. The molecule has 0 atom stereocenters. The fourth-order valence-corrected chi connectivity index (χ4v) is 2.26. The molecule has 2 aromatic carbocycles. The van der Waals surface area contributed by atoms with Crippen molar-refractivity contribution in [1.82, 2.24) is 0 Å². The molecule has 0 saturated heterocycles. The van der Waals surface area contributed by atoms with Crippen molar-refractivity contribution in [2.75, 3.05) is 67.1 Å². The fourth-order valence-electron chi connectivity index (χ4n) is 2.26. The van der Waals surface area contributed by atoms with Gasteiger partial charge in [0.25, 0.3) is 0 Å². The van der Waals surface area contributed by atoms with Gasteiger partial charge in [-0.2, -0.15) is 10.2 Å². The number of ether oxygens (including phenoxy) is 6. The van der Waals surface area contributed by atoms with Crippen molar-refractivity contribution in [2.45, 2.75) is 0 Å². The van der Waals surface area contributed by atoms with E-state index in [1.165, 1.54) is 0 Å². The second-order valence-electron chi connectivity index (χ2n) is 6.10. The van der Waals surface area contributed by atoms with Crippen molar-refractivity contribution < 1.29 is 28.4 Å². The van der Waals surface area contributed by atoms with Crippen molar-refractivity contribution in [3.63, 3.8) is 0 Å². The predicted octanol–water partition coefficient (Wildman–Crippen LogP) is 4.19. The van der Waals surface area contributed by atoms with Crippen LogP contribution in [0, 0.1) is 0 Å². The molecule has 0 bridgehead atoms. The highest BCUT2D eigenvalue weighted by atomic mass is 16.5. The molecule has 0 saturated carbocycles. The average Bonchev–Trinajstić information content (AvgIpc) is 2.79. The maximum absolute atomic E-state index is 5.61. The molecule has 8 nitrogen and oxygen atoms in total. The zero-order valence-electron chi connectivity index (χ0n) is 17.6. The van der Waals surface area contributed by atoms with Crippen LogP contribution in [-0.4, -0.2) is 67.1 Å². The van der Waals surface area contributed by atoms with Gasteiger partial charge in [-0.1, -0.05) is 0 Å². The van der Waals surface area contributed by atoms with Gasteiger partial charge in [-0.3, -0.25) is 0 Å². The molecule has 0 fully saturated rings. The molecule has 0 amide bonds. The lowest BCUT2D eigenvalue weighted by molar-refractivity contribution is 0.0544. The van der Waals surface area contributed by atoms with Gasteiger partial charge in [0.05, 0.1) is 51.0 Å². The topological polar surface area (TPSA) is 80.1 Å². The molecule has 2 rings (SSSR count). The van der Waals surface area contributed by atoms with Gasteiger partial charge < -0.3 is 28.4 Å². The van der Waals surface area contributed by atoms with E-state index in [0.717, 1.165) is 22.9 Å². The summed E-state index contributed by atoms with van der Waals surface area (Å²) >= 11 is 0. The Kier molecular flexibility index (Phi) is 12.1. The van der Waals surface area contributed by atoms with E-state index >= 15 is 0 Å². The lowest BCUT2D eigenvalue weighted by Gasteiger charge is -2.07. The van der Waals surface area contributed by atoms with Crippen molar-refractivity contribution >= 4 is 11.4 Å². The molecule has 0 aromatic heterocycles. The zero-order chi connectivity index (χ0) is 21.3. The maximum atomic E-state index is 5.61. The van der Waals surface area contributed by atoms with Gasteiger partial charge in [0.15, 0.2) is 0 Å². The second-order valence-corrected chi connectivity index (χ2v) is 6.10. The van der Waals surface area contributed by atoms with Crippen molar-refractivity contribution in [3.8, 4) is 11.5 Å². The molecule has 8 heteroatoms. The lowest BCUT2D eigenvalue weighted by Crippen LogP contribution is -2.09. The standard InChI is InChI=1S/C22H30N2O6/c1-25-11-13-27-15-17-29-21-7-3-19(4-8-21)23-24-20-5-9-22(10-6-20)30-18-16-28-14-12-26-2/h3-10H,11-18H2,1-2H3/b24-23+. The number of hydrogen-bond acceptors (Lipinski definition) is 8. The first-order chi connectivity index (χ1) is 14.8. The van der Waals surface area contributed by atoms with Gasteiger partial charge in [0, 0.05) is 14.2 Å². The van der Waals surface area contributed by atoms with Gasteiger partial charge in [0.1, 0.15) is 24.7 Å². The molecule has 0 unspecified atom stereocenters. The third-order valence-electron chi connectivity index (χ3n) is 3.81. The van der Waals surface area contributed by atoms with E-state index in [2.05, 4.69) is 10.2 Å². The Bertz CT molecular complexity index is 645. The van der Waals surface area contributed by atoms with Crippen LogP contribution in [0.2, 0.25) is 0 Å². The van der Waals surface area contributed by atoms with E-state index in [-0.39, 0.29) is 0 Å². The first kappa shape index (κ1) is 23.8. The number of hydrogen-bond donors (Lipinski definition) is 0. The summed E-state index contributed by atoms with van der Waals surface area (Å²) in [6.07, 6.45) is 0. The molecule has 0 radical (unpaired) electrons. The highest BCUT2D eigenvalue weighted by Crippen LogP contribution is 2.23. The summed E-state index contributed by atoms with van der Waals surface area (Å²) in [4.78, 5) is 0. The van der Waals surface area contributed by atoms with E-state index in [1.807, 2.05) is 48.5 Å². The number of azo groups is 1. The predicted molar refractivity (Wildman–Crippen MR) is 113 cm³/mol. The van der Waals surface area contributed by atoms with Crippen LogP contribution in [0.3, 0.4) is 0 Å². The van der Waals surface area contributed by atoms with E-state index in [1.54, 1.807) is 14.2 Å². The summed E-state index contributed by atoms with van der Waals surface area (Å²) in [7, 11) is 3.29. The van der Waals surface area contributed by atoms with Crippen LogP contribution in [0.25, 0.3) is 0 Å². The molecular weight excluding hydrogens is 388 g/mol. The van der Waals surface area contributed by atoms with Crippen molar-refractivity contribution in [3.05, 3.63) is 48.5 Å². The number of rotatable bonds is 16. The third-order valence-corrected chi connectivity index (χ3v) is 3.81. The van der Waals surface area contributed by atoms with Gasteiger partial charge in [-0.15, -0.1) is 0 Å². The van der Waals surface area contributed by atoms with Gasteiger partial charge in [-0.05, 0) is 48.5 Å². The van der Waals surface area contributed by atoms with Gasteiger partial charge in [-0.25, -0.2) is 0 Å². The molecule has 0 aliphatic heterocycles. The number of nitrogens with zero attached hydrogens (tertiary/aromatic N) is 2. The Morgan fingerprint density at radius 2 is 0.867 bits per heavy atom. The smallest absolute Gasteiger partial charge is 0.119 e. The molecule has 0 N–H and O–H groups in total. The SMILES string of the molecule is COCCOCCOc1ccc(/N=N/c2ccc(OCCOCCOC)cc2)cc1. The first-order valence-corrected chi connectivity index (χ1v) is 9.82. The Morgan fingerprint density at radius 1 is 0.500 bits per heavy atom. The van der Waals surface area contributed by atoms with Crippen molar-refractivity contribution in [1.29, 1.82) is 0 Å². The minimum atomic E-state index is 0.484. The van der Waals surface area contributed by atoms with Crippen LogP contribution in [0.4, 0.5) is 11.4 Å². The van der Waals surface area contributed by atoms with Crippen LogP contribution >= 0.6 is 0 Å². The highest BCUT2D eigenvalue weighted by molar-refractivity contribution is 5.44. The van der Waals surface area contributed by atoms with Crippen LogP contribution < -0.4 is 9.47 Å².